The van der Waals surface area contributed by atoms with E-state index in [9.17, 15) is 4.79 Å². The van der Waals surface area contributed by atoms with Gasteiger partial charge >= 0.3 is 0 Å². The first-order valence-electron chi connectivity index (χ1n) is 6.28. The molecule has 1 aliphatic heterocycles. The van der Waals surface area contributed by atoms with E-state index in [1.165, 1.54) is 12.8 Å². The van der Waals surface area contributed by atoms with Crippen molar-refractivity contribution in [2.75, 3.05) is 20.4 Å². The molecule has 0 aromatic carbocycles. The lowest BCUT2D eigenvalue weighted by Gasteiger charge is -2.27. The Morgan fingerprint density at radius 3 is 2.75 bits per heavy atom. The Labute approximate surface area is 97.3 Å². The zero-order valence-corrected chi connectivity index (χ0v) is 10.3. The van der Waals surface area contributed by atoms with Gasteiger partial charge in [-0.2, -0.15) is 0 Å². The van der Waals surface area contributed by atoms with E-state index >= 15 is 0 Å². The Morgan fingerprint density at radius 1 is 1.50 bits per heavy atom. The van der Waals surface area contributed by atoms with Gasteiger partial charge < -0.3 is 9.64 Å². The van der Waals surface area contributed by atoms with Gasteiger partial charge in [0, 0.05) is 7.11 Å². The van der Waals surface area contributed by atoms with E-state index < -0.39 is 0 Å². The molecule has 1 heterocycles. The Kier molecular flexibility index (Phi) is 3.50. The number of hydrogen-bond donors (Lipinski definition) is 1. The lowest BCUT2D eigenvalue weighted by atomic mass is 9.97. The van der Waals surface area contributed by atoms with E-state index in [2.05, 4.69) is 12.2 Å². The van der Waals surface area contributed by atoms with Gasteiger partial charge in [0.25, 0.3) is 0 Å². The van der Waals surface area contributed by atoms with Crippen molar-refractivity contribution in [3.63, 3.8) is 0 Å². The maximum absolute atomic E-state index is 12.4. The van der Waals surface area contributed by atoms with E-state index in [4.69, 9.17) is 4.74 Å². The Bertz CT molecular complexity index is 262. The van der Waals surface area contributed by atoms with Gasteiger partial charge in [0.1, 0.15) is 0 Å². The molecule has 1 N–H and O–H groups in total. The van der Waals surface area contributed by atoms with Crippen molar-refractivity contribution in [2.24, 2.45) is 0 Å². The standard InChI is InChI=1S/C12H22N2O2/c1-3-10(8-16-2)14-9-13-12(11(14)15)6-4-5-7-12/h10,13H,3-9H2,1-2H3. The topological polar surface area (TPSA) is 41.6 Å². The zero-order valence-electron chi connectivity index (χ0n) is 10.3. The average Bonchev–Trinajstić information content (AvgIpc) is 2.88. The van der Waals surface area contributed by atoms with Crippen molar-refractivity contribution in [3.05, 3.63) is 0 Å². The van der Waals surface area contributed by atoms with Gasteiger partial charge in [0.15, 0.2) is 0 Å². The molecule has 1 saturated carbocycles. The van der Waals surface area contributed by atoms with E-state index in [0.29, 0.717) is 19.2 Å². The van der Waals surface area contributed by atoms with Crippen LogP contribution < -0.4 is 5.32 Å². The summed E-state index contributed by atoms with van der Waals surface area (Å²) in [5.74, 6) is 0.300. The number of rotatable bonds is 4. The molecule has 1 atom stereocenters. The molecule has 0 aromatic heterocycles. The van der Waals surface area contributed by atoms with Gasteiger partial charge in [-0.15, -0.1) is 0 Å². The number of hydrogen-bond acceptors (Lipinski definition) is 3. The first-order valence-corrected chi connectivity index (χ1v) is 6.28. The average molecular weight is 226 g/mol. The van der Waals surface area contributed by atoms with Crippen molar-refractivity contribution in [3.8, 4) is 0 Å². The van der Waals surface area contributed by atoms with Crippen LogP contribution in [0.4, 0.5) is 0 Å². The van der Waals surface area contributed by atoms with Gasteiger partial charge in [-0.05, 0) is 19.3 Å². The number of methoxy groups -OCH3 is 1. The highest BCUT2D eigenvalue weighted by Gasteiger charge is 2.49. The predicted octanol–water partition coefficient (Wildman–Crippen LogP) is 1.11. The summed E-state index contributed by atoms with van der Waals surface area (Å²) in [6.45, 7) is 3.44. The number of carbonyl (C=O) groups is 1. The largest absolute Gasteiger partial charge is 0.383 e. The highest BCUT2D eigenvalue weighted by molar-refractivity contribution is 5.89. The van der Waals surface area contributed by atoms with Crippen LogP contribution in [0.1, 0.15) is 39.0 Å². The Balaban J connectivity index is 2.05. The van der Waals surface area contributed by atoms with Gasteiger partial charge in [0.2, 0.25) is 5.91 Å². The third kappa shape index (κ3) is 1.84. The van der Waals surface area contributed by atoms with E-state index in [-0.39, 0.29) is 11.6 Å². The normalized spacial score (nSPS) is 25.6. The molecular formula is C12H22N2O2. The number of nitrogens with zero attached hydrogens (tertiary/aromatic N) is 1. The molecule has 1 spiro atoms. The van der Waals surface area contributed by atoms with Gasteiger partial charge in [-0.1, -0.05) is 19.8 Å². The first kappa shape index (κ1) is 11.9. The van der Waals surface area contributed by atoms with E-state index in [1.54, 1.807) is 7.11 Å². The molecule has 1 unspecified atom stereocenters. The summed E-state index contributed by atoms with van der Waals surface area (Å²) in [6.07, 6.45) is 5.32. The molecule has 0 bridgehead atoms. The summed E-state index contributed by atoms with van der Waals surface area (Å²) in [5, 5.41) is 3.43. The van der Waals surface area contributed by atoms with Crippen molar-refractivity contribution >= 4 is 5.91 Å². The molecular weight excluding hydrogens is 204 g/mol. The van der Waals surface area contributed by atoms with E-state index in [1.807, 2.05) is 4.90 Å². The monoisotopic (exact) mass is 226 g/mol. The summed E-state index contributed by atoms with van der Waals surface area (Å²) in [7, 11) is 1.70. The molecule has 1 saturated heterocycles. The minimum Gasteiger partial charge on any atom is -0.383 e. The van der Waals surface area contributed by atoms with Crippen molar-refractivity contribution in [1.29, 1.82) is 0 Å². The molecule has 0 aromatic rings. The number of carbonyl (C=O) groups excluding carboxylic acids is 1. The quantitative estimate of drug-likeness (QED) is 0.781. The van der Waals surface area contributed by atoms with Crippen LogP contribution in [0.3, 0.4) is 0 Å². The number of nitrogens with one attached hydrogen (secondary N) is 1. The van der Waals surface area contributed by atoms with Crippen molar-refractivity contribution in [2.45, 2.75) is 50.6 Å². The lowest BCUT2D eigenvalue weighted by Crippen LogP contribution is -2.46. The summed E-state index contributed by atoms with van der Waals surface area (Å²) in [5.41, 5.74) is -0.221. The van der Waals surface area contributed by atoms with Crippen LogP contribution in [-0.4, -0.2) is 42.8 Å². The van der Waals surface area contributed by atoms with Crippen LogP contribution in [0.15, 0.2) is 0 Å². The molecule has 4 nitrogen and oxygen atoms in total. The number of ether oxygens (including phenoxy) is 1. The second-order valence-corrected chi connectivity index (χ2v) is 4.92. The summed E-state index contributed by atoms with van der Waals surface area (Å²) in [4.78, 5) is 14.4. The molecule has 16 heavy (non-hydrogen) atoms. The van der Waals surface area contributed by atoms with E-state index in [0.717, 1.165) is 19.3 Å². The Hall–Kier alpha value is -0.610. The second kappa shape index (κ2) is 4.72. The first-order chi connectivity index (χ1) is 7.73. The fourth-order valence-corrected chi connectivity index (χ4v) is 2.94. The van der Waals surface area contributed by atoms with Crippen LogP contribution in [0.5, 0.6) is 0 Å². The molecule has 2 aliphatic rings. The number of amides is 1. The van der Waals surface area contributed by atoms with Crippen LogP contribution in [0, 0.1) is 0 Å². The van der Waals surface area contributed by atoms with Crippen LogP contribution in [0.25, 0.3) is 0 Å². The SMILES string of the molecule is CCC(COC)N1CNC2(CCCC2)C1=O. The lowest BCUT2D eigenvalue weighted by molar-refractivity contribution is -0.135. The molecule has 4 heteroatoms. The third-order valence-corrected chi connectivity index (χ3v) is 3.99. The fraction of sp³-hybridized carbons (Fsp3) is 0.917. The smallest absolute Gasteiger partial charge is 0.244 e. The fourth-order valence-electron chi connectivity index (χ4n) is 2.94. The maximum atomic E-state index is 12.4. The second-order valence-electron chi connectivity index (χ2n) is 4.92. The van der Waals surface area contributed by atoms with Gasteiger partial charge in [0.05, 0.1) is 24.9 Å². The van der Waals surface area contributed by atoms with Crippen molar-refractivity contribution < 1.29 is 9.53 Å². The molecule has 1 aliphatic carbocycles. The van der Waals surface area contributed by atoms with Crippen molar-refractivity contribution in [1.82, 2.24) is 10.2 Å². The highest BCUT2D eigenvalue weighted by Crippen LogP contribution is 2.35. The third-order valence-electron chi connectivity index (χ3n) is 3.99. The maximum Gasteiger partial charge on any atom is 0.244 e. The van der Waals surface area contributed by atoms with Gasteiger partial charge in [-0.3, -0.25) is 10.1 Å². The zero-order chi connectivity index (χ0) is 11.6. The summed E-state index contributed by atoms with van der Waals surface area (Å²) in [6, 6.07) is 0.227. The minimum absolute atomic E-state index is 0.221. The molecule has 1 amide bonds. The summed E-state index contributed by atoms with van der Waals surface area (Å²) < 4.78 is 5.19. The predicted molar refractivity (Wildman–Crippen MR) is 62.0 cm³/mol. The van der Waals surface area contributed by atoms with Crippen LogP contribution in [0.2, 0.25) is 0 Å². The van der Waals surface area contributed by atoms with Crippen LogP contribution >= 0.6 is 0 Å². The molecule has 2 rings (SSSR count). The minimum atomic E-state index is -0.221. The van der Waals surface area contributed by atoms with Gasteiger partial charge in [-0.25, -0.2) is 0 Å². The molecule has 0 radical (unpaired) electrons. The molecule has 92 valence electrons. The highest BCUT2D eigenvalue weighted by atomic mass is 16.5. The van der Waals surface area contributed by atoms with Crippen LogP contribution in [-0.2, 0) is 9.53 Å². The molecule has 2 fully saturated rings. The summed E-state index contributed by atoms with van der Waals surface area (Å²) >= 11 is 0. The Morgan fingerprint density at radius 2 is 2.19 bits per heavy atom.